The number of nitrogens with zero attached hydrogens (tertiary/aromatic N) is 1. The first-order valence-electron chi connectivity index (χ1n) is 37.3. The standard InChI is InChI=1S/C74H114N12O20/c1-7-43(4)20-16-14-12-10-11-13-15-17-21-49(89)42-60(91)77-53(33-36-61(92)93)66(97)79-52(22-18-38-75)65(96)82-57-41-47-26-30-50(31-27-47)106-74(105)63(44(5)8-2)84-69(100)56(40-46-24-28-48(88)29-25-46)83-68(99)54(32-35-59(76)90)80-71(102)58-23-19-39-86(58)73(104)51(9-3)78-67(98)55(34-37-62(94)95)81-72(103)64(45(6)87)85-70(57)101/h24-31,43-45,49,51-58,63-64,87-89H,7-23,32-42,75H2,1-6H3,(H2,76,90)(H,77,91)(H,78,98)(H,79,97)(H,80,102)(H,81,103)(H,82,96)(H,83,99)(H,84,100)(H,85,101)(H,92,93)(H,94,95)/t43-,44-,45-,49+,51-,52+,53-,54+,55-,56-,57+,58-,63+,64-/m0/s1. The molecule has 1 saturated heterocycles. The van der Waals surface area contributed by atoms with Crippen molar-refractivity contribution < 1.29 is 97.4 Å². The molecule has 0 unspecified atom stereocenters. The number of carboxylic acid groups (broad SMARTS) is 2. The summed E-state index contributed by atoms with van der Waals surface area (Å²) in [5.74, 6) is -14.6. The molecule has 1 fully saturated rings. The maximum atomic E-state index is 14.8. The van der Waals surface area contributed by atoms with Gasteiger partial charge >= 0.3 is 17.9 Å². The Labute approximate surface area is 619 Å². The van der Waals surface area contributed by atoms with Crippen LogP contribution in [0.2, 0.25) is 0 Å². The quantitative estimate of drug-likeness (QED) is 0.0198. The number of benzene rings is 2. The van der Waals surface area contributed by atoms with E-state index < -0.39 is 213 Å². The van der Waals surface area contributed by atoms with Crippen molar-refractivity contribution in [1.29, 1.82) is 0 Å². The lowest BCUT2D eigenvalue weighted by molar-refractivity contribution is -0.143. The van der Waals surface area contributed by atoms with Gasteiger partial charge in [0.05, 0.1) is 18.6 Å². The van der Waals surface area contributed by atoms with Crippen molar-refractivity contribution in [2.24, 2.45) is 23.3 Å². The number of hydrogen-bond acceptors (Lipinski definition) is 19. The Morgan fingerprint density at radius 1 is 0.594 bits per heavy atom. The molecule has 106 heavy (non-hydrogen) atoms. The highest BCUT2D eigenvalue weighted by Gasteiger charge is 2.42. The molecular formula is C74H114N12O20. The van der Waals surface area contributed by atoms with E-state index in [0.29, 0.717) is 24.8 Å². The second-order valence-corrected chi connectivity index (χ2v) is 27.9. The van der Waals surface area contributed by atoms with Crippen LogP contribution in [0.5, 0.6) is 11.5 Å². The van der Waals surface area contributed by atoms with Crippen LogP contribution in [0.3, 0.4) is 0 Å². The summed E-state index contributed by atoms with van der Waals surface area (Å²) in [5.41, 5.74) is 12.1. The molecule has 14 atom stereocenters. The number of esters is 1. The number of primary amides is 1. The van der Waals surface area contributed by atoms with Crippen LogP contribution in [0.25, 0.3) is 0 Å². The lowest BCUT2D eigenvalue weighted by atomic mass is 9.97. The van der Waals surface area contributed by atoms with E-state index >= 15 is 0 Å². The number of aliphatic hydroxyl groups is 2. The first-order chi connectivity index (χ1) is 50.4. The lowest BCUT2D eigenvalue weighted by Gasteiger charge is -2.31. The topological polar surface area (TPSA) is 513 Å². The number of phenolic OH excluding ortho intramolecular Hbond substituents is 1. The van der Waals surface area contributed by atoms with E-state index in [1.165, 1.54) is 81.1 Å². The Morgan fingerprint density at radius 3 is 1.73 bits per heavy atom. The Balaban J connectivity index is 1.76. The molecule has 0 saturated carbocycles. The fraction of sp³-hybridized carbons (Fsp3) is 0.649. The van der Waals surface area contributed by atoms with Crippen molar-refractivity contribution >= 4 is 82.9 Å². The highest BCUT2D eigenvalue weighted by atomic mass is 16.5. The lowest BCUT2D eigenvalue weighted by Crippen LogP contribution is -2.62. The minimum Gasteiger partial charge on any atom is -0.508 e. The molecule has 3 heterocycles. The van der Waals surface area contributed by atoms with Crippen molar-refractivity contribution in [2.75, 3.05) is 13.1 Å². The Bertz CT molecular complexity index is 3250. The van der Waals surface area contributed by atoms with E-state index in [9.17, 15) is 92.7 Å². The number of carbonyl (C=O) groups is 14. The third-order valence-corrected chi connectivity index (χ3v) is 19.2. The summed E-state index contributed by atoms with van der Waals surface area (Å²) in [6.07, 6.45) is 3.90. The summed E-state index contributed by atoms with van der Waals surface area (Å²) < 4.78 is 5.83. The number of aliphatic carboxylic acids is 2. The first kappa shape index (κ1) is 89.1. The van der Waals surface area contributed by atoms with E-state index in [1.54, 1.807) is 13.8 Å². The maximum Gasteiger partial charge on any atom is 0.334 e. The Kier molecular flexibility index (Phi) is 39.2. The van der Waals surface area contributed by atoms with Gasteiger partial charge in [-0.1, -0.05) is 130 Å². The highest BCUT2D eigenvalue weighted by molar-refractivity contribution is 5.99. The van der Waals surface area contributed by atoms with Gasteiger partial charge < -0.3 is 94.5 Å². The molecule has 3 aliphatic rings. The molecule has 0 radical (unpaired) electrons. The van der Waals surface area contributed by atoms with E-state index in [0.717, 1.165) is 49.8 Å². The molecule has 18 N–H and O–H groups in total. The summed E-state index contributed by atoms with van der Waals surface area (Å²) in [4.78, 5) is 195. The van der Waals surface area contributed by atoms with Crippen molar-refractivity contribution in [3.05, 3.63) is 59.7 Å². The zero-order valence-corrected chi connectivity index (χ0v) is 62.0. The highest BCUT2D eigenvalue weighted by Crippen LogP contribution is 2.23. The van der Waals surface area contributed by atoms with Crippen LogP contribution in [0.4, 0.5) is 0 Å². The van der Waals surface area contributed by atoms with Gasteiger partial charge in [0.25, 0.3) is 0 Å². The molecule has 0 aliphatic carbocycles. The van der Waals surface area contributed by atoms with Crippen LogP contribution in [-0.2, 0) is 80.0 Å². The molecule has 2 aromatic rings. The van der Waals surface area contributed by atoms with Gasteiger partial charge in [-0.05, 0) is 118 Å². The summed E-state index contributed by atoms with van der Waals surface area (Å²) in [6.45, 7) is 10.4. The van der Waals surface area contributed by atoms with Crippen LogP contribution in [0.15, 0.2) is 48.5 Å². The first-order valence-corrected chi connectivity index (χ1v) is 37.3. The average molecular weight is 1490 g/mol. The Hall–Kier alpha value is -9.30. The van der Waals surface area contributed by atoms with Crippen LogP contribution >= 0.6 is 0 Å². The molecule has 0 aromatic heterocycles. The van der Waals surface area contributed by atoms with Crippen LogP contribution in [0.1, 0.15) is 207 Å². The molecule has 0 spiro atoms. The number of hydrogen-bond donors (Lipinski definition) is 16. The van der Waals surface area contributed by atoms with Gasteiger partial charge in [0.2, 0.25) is 65.0 Å². The fourth-order valence-corrected chi connectivity index (χ4v) is 12.4. The number of carboxylic acids is 2. The number of nitrogens with two attached hydrogens (primary N) is 2. The van der Waals surface area contributed by atoms with Gasteiger partial charge in [-0.2, -0.15) is 0 Å². The van der Waals surface area contributed by atoms with Gasteiger partial charge in [-0.25, -0.2) is 4.79 Å². The van der Waals surface area contributed by atoms with E-state index in [4.69, 9.17) is 16.2 Å². The van der Waals surface area contributed by atoms with Crippen LogP contribution < -0.4 is 64.1 Å². The van der Waals surface area contributed by atoms with Crippen molar-refractivity contribution in [1.82, 2.24) is 52.8 Å². The van der Waals surface area contributed by atoms with E-state index in [-0.39, 0.29) is 68.7 Å². The van der Waals surface area contributed by atoms with Gasteiger partial charge in [0, 0.05) is 38.6 Å². The molecule has 2 aromatic carbocycles. The third kappa shape index (κ3) is 31.4. The third-order valence-electron chi connectivity index (χ3n) is 19.2. The number of fused-ring (bicyclic) bond motifs is 23. The molecule has 32 heteroatoms. The molecular weight excluding hydrogens is 1380 g/mol. The largest absolute Gasteiger partial charge is 0.508 e. The number of nitrogens with one attached hydrogen (secondary N) is 9. The van der Waals surface area contributed by atoms with Crippen molar-refractivity contribution in [3.63, 3.8) is 0 Å². The second kappa shape index (κ2) is 46.6. The number of rotatable bonds is 37. The number of ether oxygens (including phenoxy) is 1. The zero-order chi connectivity index (χ0) is 78.6. The van der Waals surface area contributed by atoms with Crippen LogP contribution in [0, 0.1) is 11.8 Å². The molecule has 2 bridgehead atoms. The minimum atomic E-state index is -1.98. The monoisotopic (exact) mass is 1490 g/mol. The van der Waals surface area contributed by atoms with E-state index in [1.807, 2.05) is 0 Å². The van der Waals surface area contributed by atoms with Gasteiger partial charge in [0.15, 0.2) is 0 Å². The molecule has 32 nitrogen and oxygen atoms in total. The number of phenols is 1. The predicted molar refractivity (Wildman–Crippen MR) is 388 cm³/mol. The number of carbonyl (C=O) groups excluding carboxylic acids is 12. The van der Waals surface area contributed by atoms with Gasteiger partial charge in [-0.15, -0.1) is 0 Å². The maximum absolute atomic E-state index is 14.8. The molecule has 590 valence electrons. The number of aliphatic hydroxyl groups excluding tert-OH is 2. The predicted octanol–water partition coefficient (Wildman–Crippen LogP) is 1.72. The minimum absolute atomic E-state index is 0.0226. The van der Waals surface area contributed by atoms with Gasteiger partial charge in [-0.3, -0.25) is 62.3 Å². The number of aromatic hydroxyl groups is 1. The summed E-state index contributed by atoms with van der Waals surface area (Å²) >= 11 is 0. The summed E-state index contributed by atoms with van der Waals surface area (Å²) in [5, 5.41) is 74.4. The smallest absolute Gasteiger partial charge is 0.334 e. The Morgan fingerprint density at radius 2 is 1.15 bits per heavy atom. The summed E-state index contributed by atoms with van der Waals surface area (Å²) in [7, 11) is 0. The van der Waals surface area contributed by atoms with E-state index in [2.05, 4.69) is 61.7 Å². The second-order valence-electron chi connectivity index (χ2n) is 27.9. The zero-order valence-electron chi connectivity index (χ0n) is 62.0. The average Bonchev–Trinajstić information content (AvgIpc) is 1.57. The summed E-state index contributed by atoms with van der Waals surface area (Å²) in [6, 6.07) is -4.81. The normalized spacial score (nSPS) is 22.1. The SMILES string of the molecule is CC[C@H](C)CCCCCCCCCC[C@@H](O)CC(=O)N[C@@H](CCC(=O)O)C(=O)N[C@H](CCCN)C(=O)N[C@@H]1Cc2ccc(cc2)OC(=O)[C@@H]([C@@H](C)CC)NC(=O)[C@H](Cc2ccc(O)cc2)NC(=O)[C@@H](CCC(N)=O)NC(=O)[C@@H]2CCCN2C(=O)[C@H](CC)NC(=O)[C@H](CCC(=O)O)NC(=O)[C@H]([C@H](C)O)NC1=O. The van der Waals surface area contributed by atoms with Crippen molar-refractivity contribution in [3.8, 4) is 11.5 Å². The molecule has 5 rings (SSSR count). The number of amides is 11. The fourth-order valence-electron chi connectivity index (χ4n) is 12.4. The molecule has 11 amide bonds. The molecule has 3 aliphatic heterocycles. The van der Waals surface area contributed by atoms with Gasteiger partial charge in [0.1, 0.15) is 71.9 Å². The van der Waals surface area contributed by atoms with Crippen LogP contribution in [-0.4, -0.2) is 199 Å². The number of unbranched alkanes of at least 4 members (excludes halogenated alkanes) is 7. The van der Waals surface area contributed by atoms with Crippen molar-refractivity contribution in [2.45, 2.75) is 281 Å².